The molecule has 2 aliphatic heterocycles. The Morgan fingerprint density at radius 3 is 2.00 bits per heavy atom. The van der Waals surface area contributed by atoms with Gasteiger partial charge in [-0.15, -0.1) is 0 Å². The monoisotopic (exact) mass is 227 g/mol. The second-order valence-electron chi connectivity index (χ2n) is 3.30. The van der Waals surface area contributed by atoms with Crippen LogP contribution in [-0.4, -0.2) is 33.3 Å². The molecule has 0 spiro atoms. The molecule has 2 rings (SSSR count). The lowest BCUT2D eigenvalue weighted by molar-refractivity contribution is 0.214. The first kappa shape index (κ1) is 9.84. The Hall–Kier alpha value is 0.300. The van der Waals surface area contributed by atoms with Crippen molar-refractivity contribution in [1.82, 2.24) is 4.90 Å². The molecule has 2 atom stereocenters. The largest absolute Gasteiger partial charge is 0.364 e. The molecular formula is C5H11NO5P2. The Bertz CT molecular complexity index is 290. The van der Waals surface area contributed by atoms with Crippen LogP contribution in [0.2, 0.25) is 0 Å². The number of hydrogen-bond donors (Lipinski definition) is 2. The summed E-state index contributed by atoms with van der Waals surface area (Å²) < 4.78 is 26.4. The van der Waals surface area contributed by atoms with E-state index in [0.29, 0.717) is 13.1 Å². The third kappa shape index (κ3) is 1.52. The van der Waals surface area contributed by atoms with E-state index in [-0.39, 0.29) is 0 Å². The second kappa shape index (κ2) is 2.89. The van der Waals surface area contributed by atoms with Gasteiger partial charge in [-0.3, -0.25) is 14.0 Å². The lowest BCUT2D eigenvalue weighted by Gasteiger charge is -2.40. The van der Waals surface area contributed by atoms with Crippen molar-refractivity contribution < 1.29 is 23.2 Å². The third-order valence-corrected chi connectivity index (χ3v) is 7.73. The maximum absolute atomic E-state index is 11.2. The maximum Gasteiger partial charge on any atom is 0.364 e. The molecule has 0 radical (unpaired) electrons. The van der Waals surface area contributed by atoms with Crippen molar-refractivity contribution in [1.29, 1.82) is 0 Å². The first-order valence-corrected chi connectivity index (χ1v) is 7.33. The van der Waals surface area contributed by atoms with Crippen LogP contribution in [0.3, 0.4) is 0 Å². The van der Waals surface area contributed by atoms with Crippen LogP contribution < -0.4 is 0 Å². The smallest absolute Gasteiger partial charge is 0.322 e. The normalized spacial score (nSPS) is 52.0. The van der Waals surface area contributed by atoms with Gasteiger partial charge in [0.2, 0.25) is 5.52 Å². The fraction of sp³-hybridized carbons (Fsp3) is 1.00. The Kier molecular flexibility index (Phi) is 2.19. The van der Waals surface area contributed by atoms with Crippen molar-refractivity contribution >= 4 is 15.2 Å². The van der Waals surface area contributed by atoms with Gasteiger partial charge < -0.3 is 9.79 Å². The van der Waals surface area contributed by atoms with Crippen LogP contribution in [0.4, 0.5) is 0 Å². The van der Waals surface area contributed by atoms with Crippen molar-refractivity contribution in [2.75, 3.05) is 13.1 Å². The molecule has 76 valence electrons. The van der Waals surface area contributed by atoms with E-state index < -0.39 is 20.7 Å². The van der Waals surface area contributed by atoms with Gasteiger partial charge in [-0.1, -0.05) is 0 Å². The summed E-state index contributed by atoms with van der Waals surface area (Å²) in [6, 6.07) is 0. The zero-order valence-electron chi connectivity index (χ0n) is 6.87. The zero-order valence-corrected chi connectivity index (χ0v) is 8.66. The van der Waals surface area contributed by atoms with Gasteiger partial charge in [0.05, 0.1) is 0 Å². The topological polar surface area (TPSA) is 87.1 Å². The quantitative estimate of drug-likeness (QED) is 0.643. The fourth-order valence-electron chi connectivity index (χ4n) is 1.78. The minimum atomic E-state index is -3.83. The Labute approximate surface area is 75.6 Å². The molecule has 2 aliphatic rings. The van der Waals surface area contributed by atoms with Gasteiger partial charge in [0.25, 0.3) is 0 Å². The summed E-state index contributed by atoms with van der Waals surface area (Å²) in [4.78, 5) is 19.8. The summed E-state index contributed by atoms with van der Waals surface area (Å²) in [6.45, 7) is 1.20. The van der Waals surface area contributed by atoms with Crippen LogP contribution in [0.15, 0.2) is 0 Å². The van der Waals surface area contributed by atoms with E-state index in [4.69, 9.17) is 9.79 Å². The minimum Gasteiger partial charge on any atom is -0.322 e. The van der Waals surface area contributed by atoms with E-state index in [1.807, 2.05) is 0 Å². The van der Waals surface area contributed by atoms with Gasteiger partial charge in [-0.2, -0.15) is 0 Å². The Balaban J connectivity index is 2.20. The van der Waals surface area contributed by atoms with Crippen LogP contribution in [0.25, 0.3) is 0 Å². The van der Waals surface area contributed by atoms with Gasteiger partial charge in [-0.25, -0.2) is 4.31 Å². The molecule has 2 unspecified atom stereocenters. The van der Waals surface area contributed by atoms with E-state index in [1.54, 1.807) is 4.90 Å². The molecule has 0 aromatic rings. The van der Waals surface area contributed by atoms with E-state index in [1.165, 1.54) is 0 Å². The highest BCUT2D eigenvalue weighted by Gasteiger charge is 2.64. The van der Waals surface area contributed by atoms with E-state index in [0.717, 1.165) is 12.8 Å². The highest BCUT2D eigenvalue weighted by Crippen LogP contribution is 2.82. The molecule has 13 heavy (non-hydrogen) atoms. The molecule has 2 heterocycles. The number of likely N-dealkylation sites (tertiary alicyclic amines) is 1. The van der Waals surface area contributed by atoms with Gasteiger partial charge in [0, 0.05) is 0 Å². The number of nitrogens with zero attached hydrogens (tertiary/aromatic N) is 1. The fourth-order valence-corrected chi connectivity index (χ4v) is 6.23. The molecule has 0 aliphatic carbocycles. The van der Waals surface area contributed by atoms with Crippen LogP contribution >= 0.6 is 15.2 Å². The van der Waals surface area contributed by atoms with Crippen LogP contribution in [0, 0.1) is 0 Å². The van der Waals surface area contributed by atoms with Crippen LogP contribution in [0.5, 0.6) is 0 Å². The average molecular weight is 227 g/mol. The summed E-state index contributed by atoms with van der Waals surface area (Å²) in [5.41, 5.74) is -1.16. The van der Waals surface area contributed by atoms with Gasteiger partial charge >= 0.3 is 15.2 Å². The molecule has 2 fully saturated rings. The lowest BCUT2D eigenvalue weighted by atomic mass is 10.4. The van der Waals surface area contributed by atoms with Crippen LogP contribution in [0.1, 0.15) is 12.8 Å². The van der Waals surface area contributed by atoms with E-state index >= 15 is 0 Å². The maximum atomic E-state index is 11.2. The lowest BCUT2D eigenvalue weighted by Crippen LogP contribution is -2.38. The van der Waals surface area contributed by atoms with Crippen molar-refractivity contribution in [2.45, 2.75) is 18.4 Å². The first-order valence-electron chi connectivity index (χ1n) is 4.04. The molecule has 2 N–H and O–H groups in total. The molecular weight excluding hydrogens is 216 g/mol. The number of hydrogen-bond acceptors (Lipinski definition) is 4. The average Bonchev–Trinajstić information content (AvgIpc) is 2.34. The predicted octanol–water partition coefficient (Wildman–Crippen LogP) is 0.767. The minimum absolute atomic E-state index is 0.600. The van der Waals surface area contributed by atoms with Crippen LogP contribution in [-0.2, 0) is 13.4 Å². The summed E-state index contributed by atoms with van der Waals surface area (Å²) in [7, 11) is -7.67. The predicted molar refractivity (Wildman–Crippen MR) is 45.3 cm³/mol. The van der Waals surface area contributed by atoms with Gasteiger partial charge in [0.1, 0.15) is 0 Å². The Morgan fingerprint density at radius 1 is 1.15 bits per heavy atom. The van der Waals surface area contributed by atoms with Crippen molar-refractivity contribution in [3.8, 4) is 0 Å². The number of rotatable bonds is 1. The summed E-state index contributed by atoms with van der Waals surface area (Å²) in [5.74, 6) is 0. The van der Waals surface area contributed by atoms with Gasteiger partial charge in [-0.05, 0) is 25.9 Å². The Morgan fingerprint density at radius 2 is 1.62 bits per heavy atom. The first-order chi connectivity index (χ1) is 5.93. The third-order valence-electron chi connectivity index (χ3n) is 2.28. The highest BCUT2D eigenvalue weighted by atomic mass is 31.3. The molecule has 0 aromatic carbocycles. The van der Waals surface area contributed by atoms with Crippen molar-refractivity contribution in [3.05, 3.63) is 0 Å². The molecule has 8 heteroatoms. The molecule has 0 amide bonds. The highest BCUT2D eigenvalue weighted by molar-refractivity contribution is 7.84. The second-order valence-corrected chi connectivity index (χ2v) is 7.59. The zero-order chi connectivity index (χ0) is 9.69. The summed E-state index contributed by atoms with van der Waals surface area (Å²) in [6.07, 6.45) is 1.80. The molecule has 2 saturated heterocycles. The van der Waals surface area contributed by atoms with E-state index in [2.05, 4.69) is 4.31 Å². The van der Waals surface area contributed by atoms with Crippen molar-refractivity contribution in [3.63, 3.8) is 0 Å². The molecule has 0 bridgehead atoms. The van der Waals surface area contributed by atoms with Crippen molar-refractivity contribution in [2.24, 2.45) is 0 Å². The summed E-state index contributed by atoms with van der Waals surface area (Å²) >= 11 is 0. The van der Waals surface area contributed by atoms with Gasteiger partial charge in [0.15, 0.2) is 0 Å². The standard InChI is InChI=1S/C5H11NO5P2/c7-12(8)5(13(9,10)11-12)6-3-1-2-4-6/h5H,1-4H2,(H,7,8)(H,9,10). The van der Waals surface area contributed by atoms with E-state index in [9.17, 15) is 9.13 Å². The summed E-state index contributed by atoms with van der Waals surface area (Å²) in [5, 5.41) is 0. The molecule has 0 saturated carbocycles. The molecule has 0 aromatic heterocycles. The SMILES string of the molecule is O=P1(O)OP(=O)(O)C1N1CCCC1. The molecule has 6 nitrogen and oxygen atoms in total.